The van der Waals surface area contributed by atoms with E-state index in [0.717, 1.165) is 0 Å². The molecule has 0 aromatic heterocycles. The summed E-state index contributed by atoms with van der Waals surface area (Å²) in [5.74, 6) is -4.48. The standard InChI is InChI=1S/C11H8F4IN3O/c1-7-8-4-2-3-5-9(8)16(20-7)11(14,15)10(12,13)6-18-19-17/h2-5H,1,6H2. The Morgan fingerprint density at radius 2 is 1.95 bits per heavy atom. The first-order valence-corrected chi connectivity index (χ1v) is 8.28. The topological polar surface area (TPSA) is 58.0 Å². The van der Waals surface area contributed by atoms with E-state index in [1.807, 2.05) is 0 Å². The van der Waals surface area contributed by atoms with Gasteiger partial charge >= 0.3 is 119 Å². The van der Waals surface area contributed by atoms with Gasteiger partial charge in [-0.3, -0.25) is 0 Å². The third-order valence-electron chi connectivity index (χ3n) is 2.49. The minimum absolute atomic E-state index is 0.0231. The molecule has 0 fully saturated rings. The van der Waals surface area contributed by atoms with E-state index in [1.165, 1.54) is 18.2 Å². The second kappa shape index (κ2) is 5.13. The van der Waals surface area contributed by atoms with Gasteiger partial charge in [0.25, 0.3) is 0 Å². The fraction of sp³-hybridized carbons (Fsp3) is 0.273. The molecule has 108 valence electrons. The van der Waals surface area contributed by atoms with Crippen molar-refractivity contribution >= 4 is 26.0 Å². The van der Waals surface area contributed by atoms with Crippen molar-refractivity contribution in [3.05, 3.63) is 50.4 Å². The number of halogens is 5. The second-order valence-electron chi connectivity index (χ2n) is 3.82. The normalized spacial score (nSPS) is 16.4. The van der Waals surface area contributed by atoms with Gasteiger partial charge in [0.15, 0.2) is 0 Å². The molecule has 20 heavy (non-hydrogen) atoms. The van der Waals surface area contributed by atoms with Crippen LogP contribution in [0.4, 0.5) is 17.6 Å². The van der Waals surface area contributed by atoms with Gasteiger partial charge in [-0.15, -0.1) is 0 Å². The zero-order valence-corrected chi connectivity index (χ0v) is 12.0. The van der Waals surface area contributed by atoms with Crippen LogP contribution in [0.15, 0.2) is 36.0 Å². The first-order chi connectivity index (χ1) is 9.31. The molecule has 1 aromatic carbocycles. The Bertz CT molecular complexity index is 601. The zero-order chi connectivity index (χ0) is 15.0. The van der Waals surface area contributed by atoms with Crippen molar-refractivity contribution in [1.29, 1.82) is 0 Å². The molecule has 1 aliphatic rings. The average molecular weight is 401 g/mol. The Morgan fingerprint density at radius 3 is 2.60 bits per heavy atom. The molecule has 1 aromatic rings. The SMILES string of the molecule is C=C1OI(C(F)(F)C(F)(F)CN=[N+]=[N-])c2ccccc21. The fourth-order valence-corrected chi connectivity index (χ4v) is 5.97. The number of alkyl halides is 5. The summed E-state index contributed by atoms with van der Waals surface area (Å²) in [5, 5.41) is 2.55. The van der Waals surface area contributed by atoms with Gasteiger partial charge in [0, 0.05) is 0 Å². The molecule has 1 heterocycles. The van der Waals surface area contributed by atoms with Crippen LogP contribution in [0, 0.1) is 3.57 Å². The van der Waals surface area contributed by atoms with Gasteiger partial charge in [-0.1, -0.05) is 0 Å². The molecule has 0 saturated carbocycles. The Labute approximate surface area is 119 Å². The van der Waals surface area contributed by atoms with Gasteiger partial charge in [-0.25, -0.2) is 0 Å². The summed E-state index contributed by atoms with van der Waals surface area (Å²) in [6.45, 7) is 1.85. The number of fused-ring (bicyclic) bond motifs is 1. The molecule has 2 rings (SSSR count). The molecule has 9 heteroatoms. The predicted octanol–water partition coefficient (Wildman–Crippen LogP) is 4.82. The Hall–Kier alpha value is -1.48. The van der Waals surface area contributed by atoms with E-state index in [0.29, 0.717) is 5.56 Å². The number of hydrogen-bond acceptors (Lipinski definition) is 2. The molecule has 0 bridgehead atoms. The van der Waals surface area contributed by atoms with E-state index in [2.05, 4.69) is 16.6 Å². The van der Waals surface area contributed by atoms with Crippen molar-refractivity contribution in [2.45, 2.75) is 9.85 Å². The average Bonchev–Trinajstić information content (AvgIpc) is 2.75. The summed E-state index contributed by atoms with van der Waals surface area (Å²) in [6.07, 6.45) is 0. The summed E-state index contributed by atoms with van der Waals surface area (Å²) < 4.78 is 55.9. The van der Waals surface area contributed by atoms with Crippen molar-refractivity contribution in [2.75, 3.05) is 6.54 Å². The molecule has 0 N–H and O–H groups in total. The molecule has 0 radical (unpaired) electrons. The summed E-state index contributed by atoms with van der Waals surface area (Å²) in [7, 11) is 0. The predicted molar refractivity (Wildman–Crippen MR) is 73.2 cm³/mol. The van der Waals surface area contributed by atoms with Gasteiger partial charge in [-0.05, 0) is 0 Å². The van der Waals surface area contributed by atoms with E-state index in [1.54, 1.807) is 6.07 Å². The summed E-state index contributed by atoms with van der Waals surface area (Å²) in [4.78, 5) is 2.09. The molecular formula is C11H8F4IN3O. The molecule has 0 aliphatic carbocycles. The molecule has 1 aliphatic heterocycles. The van der Waals surface area contributed by atoms with Crippen LogP contribution in [0.2, 0.25) is 0 Å². The van der Waals surface area contributed by atoms with Crippen molar-refractivity contribution in [2.24, 2.45) is 5.11 Å². The van der Waals surface area contributed by atoms with Crippen LogP contribution < -0.4 is 0 Å². The monoisotopic (exact) mass is 401 g/mol. The fourth-order valence-electron chi connectivity index (χ4n) is 1.53. The third-order valence-corrected chi connectivity index (χ3v) is 7.48. The van der Waals surface area contributed by atoms with Crippen LogP contribution in [0.1, 0.15) is 5.56 Å². The van der Waals surface area contributed by atoms with E-state index >= 15 is 0 Å². The first-order valence-electron chi connectivity index (χ1n) is 5.24. The van der Waals surface area contributed by atoms with Gasteiger partial charge in [0.2, 0.25) is 0 Å². The van der Waals surface area contributed by atoms with Crippen LogP contribution in [0.25, 0.3) is 16.2 Å². The van der Waals surface area contributed by atoms with Crippen molar-refractivity contribution in [3.63, 3.8) is 0 Å². The molecule has 0 saturated heterocycles. The minimum atomic E-state index is -4.46. The first kappa shape index (κ1) is 14.9. The molecule has 4 nitrogen and oxygen atoms in total. The Kier molecular flexibility index (Phi) is 3.83. The van der Waals surface area contributed by atoms with Crippen molar-refractivity contribution in [3.8, 4) is 0 Å². The number of benzene rings is 1. The van der Waals surface area contributed by atoms with Crippen LogP contribution in [0.3, 0.4) is 0 Å². The van der Waals surface area contributed by atoms with E-state index in [4.69, 9.17) is 8.60 Å². The Morgan fingerprint density at radius 1 is 1.30 bits per heavy atom. The van der Waals surface area contributed by atoms with Gasteiger partial charge in [0.1, 0.15) is 0 Å². The van der Waals surface area contributed by atoms with Gasteiger partial charge in [0.05, 0.1) is 0 Å². The summed E-state index contributed by atoms with van der Waals surface area (Å²) in [6, 6.07) is 5.91. The molecule has 0 atom stereocenters. The Balaban J connectivity index is 2.41. The second-order valence-corrected chi connectivity index (χ2v) is 8.20. The van der Waals surface area contributed by atoms with E-state index in [9.17, 15) is 17.6 Å². The van der Waals surface area contributed by atoms with Crippen LogP contribution in [-0.2, 0) is 3.07 Å². The molecule has 0 spiro atoms. The number of nitrogens with zero attached hydrogens (tertiary/aromatic N) is 3. The van der Waals surface area contributed by atoms with Crippen LogP contribution in [-0.4, -0.2) is 16.4 Å². The summed E-state index contributed by atoms with van der Waals surface area (Å²) >= 11 is -3.99. The maximum absolute atomic E-state index is 14.1. The summed E-state index contributed by atoms with van der Waals surface area (Å²) in [5.41, 5.74) is 8.34. The maximum atomic E-state index is 14.1. The van der Waals surface area contributed by atoms with Crippen molar-refractivity contribution in [1.82, 2.24) is 0 Å². The van der Waals surface area contributed by atoms with Gasteiger partial charge < -0.3 is 0 Å². The molecule has 0 unspecified atom stereocenters. The number of rotatable bonds is 4. The van der Waals surface area contributed by atoms with E-state index < -0.39 is 36.6 Å². The van der Waals surface area contributed by atoms with Crippen LogP contribution in [0.5, 0.6) is 0 Å². The number of hydrogen-bond donors (Lipinski definition) is 0. The van der Waals surface area contributed by atoms with Crippen LogP contribution >= 0.6 is 20.2 Å². The number of azide groups is 1. The van der Waals surface area contributed by atoms with Gasteiger partial charge in [-0.2, -0.15) is 0 Å². The van der Waals surface area contributed by atoms with Crippen molar-refractivity contribution < 1.29 is 20.6 Å². The quantitative estimate of drug-likeness (QED) is 0.178. The van der Waals surface area contributed by atoms with E-state index in [-0.39, 0.29) is 9.33 Å². The third kappa shape index (κ3) is 2.31. The zero-order valence-electron chi connectivity index (χ0n) is 9.86. The molecular weight excluding hydrogens is 393 g/mol. The molecule has 0 amide bonds.